The van der Waals surface area contributed by atoms with Crippen LogP contribution in [-0.2, 0) is 0 Å². The molecule has 1 saturated carbocycles. The predicted octanol–water partition coefficient (Wildman–Crippen LogP) is 4.03. The van der Waals surface area contributed by atoms with Crippen molar-refractivity contribution in [3.8, 4) is 12.1 Å². The zero-order valence-electron chi connectivity index (χ0n) is 14.6. The minimum absolute atomic E-state index is 0.340. The molecular formula is C17H13F5N4S2. The quantitative estimate of drug-likeness (QED) is 0.329. The molecule has 148 valence electrons. The molecule has 28 heavy (non-hydrogen) atoms. The first-order valence-electron chi connectivity index (χ1n) is 8.14. The second-order valence-corrected chi connectivity index (χ2v) is 9.37. The third-order valence-electron chi connectivity index (χ3n) is 5.14. The Morgan fingerprint density at radius 2 is 1.39 bits per heavy atom. The summed E-state index contributed by atoms with van der Waals surface area (Å²) in [7, 11) is 0. The Morgan fingerprint density at radius 3 is 1.79 bits per heavy atom. The van der Waals surface area contributed by atoms with E-state index in [9.17, 15) is 32.5 Å². The molecule has 3 rings (SSSR count). The van der Waals surface area contributed by atoms with Gasteiger partial charge in [0.15, 0.2) is 27.5 Å². The molecule has 0 amide bonds. The lowest BCUT2D eigenvalue weighted by Crippen LogP contribution is -2.32. The zero-order chi connectivity index (χ0) is 21.1. The molecule has 3 atom stereocenters. The summed E-state index contributed by atoms with van der Waals surface area (Å²) >= 11 is 2.28. The SMILES string of the molecule is CCSC1(SCC)N=C(N)C2(C#N)C(c3c(F)c(F)c(F)c(F)c3F)C12C#N. The first-order valence-corrected chi connectivity index (χ1v) is 10.1. The lowest BCUT2D eigenvalue weighted by atomic mass is 9.97. The third kappa shape index (κ3) is 2.04. The van der Waals surface area contributed by atoms with Crippen LogP contribution in [0.1, 0.15) is 25.3 Å². The average Bonchev–Trinajstić information content (AvgIpc) is 3.23. The van der Waals surface area contributed by atoms with Crippen LogP contribution in [0.25, 0.3) is 0 Å². The summed E-state index contributed by atoms with van der Waals surface area (Å²) in [6, 6.07) is 3.73. The summed E-state index contributed by atoms with van der Waals surface area (Å²) < 4.78 is 68.8. The lowest BCUT2D eigenvalue weighted by Gasteiger charge is -2.31. The highest BCUT2D eigenvalue weighted by atomic mass is 32.2. The van der Waals surface area contributed by atoms with E-state index in [4.69, 9.17) is 5.73 Å². The highest BCUT2D eigenvalue weighted by Crippen LogP contribution is 2.85. The van der Waals surface area contributed by atoms with Crippen LogP contribution in [-0.4, -0.2) is 21.5 Å². The minimum Gasteiger partial charge on any atom is -0.386 e. The van der Waals surface area contributed by atoms with E-state index in [0.29, 0.717) is 11.5 Å². The number of hydrogen-bond donors (Lipinski definition) is 1. The number of amidine groups is 1. The van der Waals surface area contributed by atoms with Gasteiger partial charge < -0.3 is 5.73 Å². The highest BCUT2D eigenvalue weighted by Gasteiger charge is 2.92. The van der Waals surface area contributed by atoms with Gasteiger partial charge in [0.1, 0.15) is 16.7 Å². The smallest absolute Gasteiger partial charge is 0.200 e. The number of thioether (sulfide) groups is 2. The van der Waals surface area contributed by atoms with Gasteiger partial charge in [-0.1, -0.05) is 13.8 Å². The molecule has 4 nitrogen and oxygen atoms in total. The maximum absolute atomic E-state index is 14.5. The number of nitrogens with zero attached hydrogens (tertiary/aromatic N) is 3. The van der Waals surface area contributed by atoms with E-state index in [1.807, 2.05) is 12.1 Å². The predicted molar refractivity (Wildman–Crippen MR) is 95.7 cm³/mol. The molecule has 2 aliphatic rings. The van der Waals surface area contributed by atoms with Crippen LogP contribution in [0, 0.1) is 62.6 Å². The van der Waals surface area contributed by atoms with Crippen molar-refractivity contribution in [2.45, 2.75) is 24.0 Å². The molecule has 1 aromatic carbocycles. The Hall–Kier alpha value is -1.98. The molecule has 1 aliphatic heterocycles. The van der Waals surface area contributed by atoms with Crippen molar-refractivity contribution in [2.75, 3.05) is 11.5 Å². The first-order chi connectivity index (χ1) is 13.2. The summed E-state index contributed by atoms with van der Waals surface area (Å²) in [5.74, 6) is -11.9. The van der Waals surface area contributed by atoms with Crippen molar-refractivity contribution >= 4 is 29.4 Å². The molecule has 0 bridgehead atoms. The summed E-state index contributed by atoms with van der Waals surface area (Å²) in [5, 5.41) is 19.8. The summed E-state index contributed by atoms with van der Waals surface area (Å²) in [4.78, 5) is 4.28. The Morgan fingerprint density at radius 1 is 0.929 bits per heavy atom. The van der Waals surface area contributed by atoms with Crippen molar-refractivity contribution in [1.29, 1.82) is 10.5 Å². The largest absolute Gasteiger partial charge is 0.386 e. The standard InChI is InChI=1S/C17H13F5N4S2/c1-3-27-17(28-4-2)16(6-24)13(15(16,5-23)14(25)26-17)7-8(18)10(20)12(22)11(21)9(7)19/h13H,3-4H2,1-2H3,(H2,25,26). The fraction of sp³-hybridized carbons (Fsp3) is 0.471. The van der Waals surface area contributed by atoms with Gasteiger partial charge in [-0.15, -0.1) is 23.5 Å². The molecule has 1 aromatic rings. The molecule has 0 aromatic heterocycles. The Balaban J connectivity index is 2.37. The van der Waals surface area contributed by atoms with Crippen LogP contribution < -0.4 is 5.73 Å². The number of nitriles is 2. The van der Waals surface area contributed by atoms with Crippen LogP contribution in [0.5, 0.6) is 0 Å². The molecule has 1 fully saturated rings. The van der Waals surface area contributed by atoms with Gasteiger partial charge in [0, 0.05) is 11.5 Å². The maximum Gasteiger partial charge on any atom is 0.200 e. The Bertz CT molecular complexity index is 950. The van der Waals surface area contributed by atoms with Crippen LogP contribution in [0.15, 0.2) is 4.99 Å². The van der Waals surface area contributed by atoms with Crippen molar-refractivity contribution in [3.05, 3.63) is 34.6 Å². The number of nitrogens with two attached hydrogens (primary N) is 1. The van der Waals surface area contributed by atoms with E-state index >= 15 is 0 Å². The first kappa shape index (κ1) is 20.7. The number of benzene rings is 1. The van der Waals surface area contributed by atoms with Crippen molar-refractivity contribution in [3.63, 3.8) is 0 Å². The normalized spacial score (nSPS) is 29.6. The van der Waals surface area contributed by atoms with Gasteiger partial charge >= 0.3 is 0 Å². The van der Waals surface area contributed by atoms with Crippen LogP contribution >= 0.6 is 23.5 Å². The van der Waals surface area contributed by atoms with E-state index in [2.05, 4.69) is 4.99 Å². The van der Waals surface area contributed by atoms with Gasteiger partial charge in [0.2, 0.25) is 5.82 Å². The van der Waals surface area contributed by atoms with Gasteiger partial charge in [-0.3, -0.25) is 0 Å². The van der Waals surface area contributed by atoms with Crippen molar-refractivity contribution in [2.24, 2.45) is 21.6 Å². The van der Waals surface area contributed by atoms with Crippen LogP contribution in [0.2, 0.25) is 0 Å². The Labute approximate surface area is 166 Å². The fourth-order valence-electron chi connectivity index (χ4n) is 4.06. The van der Waals surface area contributed by atoms with Gasteiger partial charge in [-0.25, -0.2) is 26.9 Å². The van der Waals surface area contributed by atoms with Crippen molar-refractivity contribution in [1.82, 2.24) is 0 Å². The molecule has 3 unspecified atom stereocenters. The number of aliphatic imine (C=N–C) groups is 1. The van der Waals surface area contributed by atoms with Gasteiger partial charge in [0.25, 0.3) is 0 Å². The van der Waals surface area contributed by atoms with Crippen molar-refractivity contribution < 1.29 is 22.0 Å². The number of halogens is 5. The molecular weight excluding hydrogens is 419 g/mol. The molecule has 2 N–H and O–H groups in total. The molecule has 1 heterocycles. The summed E-state index contributed by atoms with van der Waals surface area (Å²) in [6.45, 7) is 3.50. The topological polar surface area (TPSA) is 86.0 Å². The van der Waals surface area contributed by atoms with Crippen LogP contribution in [0.4, 0.5) is 22.0 Å². The minimum atomic E-state index is -2.31. The summed E-state index contributed by atoms with van der Waals surface area (Å²) in [6.07, 6.45) is 0. The fourth-order valence-corrected chi connectivity index (χ4v) is 7.31. The lowest BCUT2D eigenvalue weighted by molar-refractivity contribution is 0.367. The molecule has 11 heteroatoms. The number of rotatable bonds is 5. The van der Waals surface area contributed by atoms with Crippen LogP contribution in [0.3, 0.4) is 0 Å². The van der Waals surface area contributed by atoms with Gasteiger partial charge in [-0.05, 0) is 11.5 Å². The molecule has 0 radical (unpaired) electrons. The average molecular weight is 432 g/mol. The van der Waals surface area contributed by atoms with Gasteiger partial charge in [0.05, 0.1) is 12.1 Å². The van der Waals surface area contributed by atoms with E-state index < -0.39 is 55.6 Å². The Kier molecular flexibility index (Phi) is 4.84. The molecule has 1 aliphatic carbocycles. The third-order valence-corrected chi connectivity index (χ3v) is 8.03. The summed E-state index contributed by atoms with van der Waals surface area (Å²) in [5.41, 5.74) is 0.882. The highest BCUT2D eigenvalue weighted by molar-refractivity contribution is 8.18. The van der Waals surface area contributed by atoms with E-state index in [1.54, 1.807) is 13.8 Å². The van der Waals surface area contributed by atoms with Gasteiger partial charge in [-0.2, -0.15) is 10.5 Å². The number of hydrogen-bond acceptors (Lipinski definition) is 6. The molecule has 0 spiro atoms. The van der Waals surface area contributed by atoms with E-state index in [0.717, 1.165) is 23.5 Å². The number of fused-ring (bicyclic) bond motifs is 1. The maximum atomic E-state index is 14.5. The van der Waals surface area contributed by atoms with E-state index in [1.165, 1.54) is 0 Å². The second kappa shape index (κ2) is 6.53. The second-order valence-electron chi connectivity index (χ2n) is 6.20. The zero-order valence-corrected chi connectivity index (χ0v) is 16.2. The van der Waals surface area contributed by atoms with E-state index in [-0.39, 0.29) is 5.84 Å². The molecule has 0 saturated heterocycles. The monoisotopic (exact) mass is 432 g/mol.